The number of hydrogen-bond donors (Lipinski definition) is 0. The third-order valence-electron chi connectivity index (χ3n) is 5.43. The summed E-state index contributed by atoms with van der Waals surface area (Å²) >= 11 is 2.43. The summed E-state index contributed by atoms with van der Waals surface area (Å²) in [6.45, 7) is 2.72. The molecule has 0 radical (unpaired) electrons. The van der Waals surface area contributed by atoms with Crippen molar-refractivity contribution in [1.29, 1.82) is 0 Å². The second-order valence-corrected chi connectivity index (χ2v) is 9.31. The summed E-state index contributed by atoms with van der Waals surface area (Å²) < 4.78 is 19.7. The van der Waals surface area contributed by atoms with Gasteiger partial charge >= 0.3 is 24.1 Å². The van der Waals surface area contributed by atoms with Crippen LogP contribution in [0.3, 0.4) is 0 Å². The van der Waals surface area contributed by atoms with Crippen molar-refractivity contribution in [3.8, 4) is 0 Å². The number of nitrogens with zero attached hydrogens (tertiary/aromatic N) is 5. The van der Waals surface area contributed by atoms with Crippen LogP contribution in [-0.2, 0) is 28.5 Å². The van der Waals surface area contributed by atoms with Crippen molar-refractivity contribution in [2.45, 2.75) is 31.8 Å². The van der Waals surface area contributed by atoms with E-state index in [4.69, 9.17) is 18.9 Å². The molecule has 0 spiro atoms. The number of hydrogen-bond acceptors (Lipinski definition) is 13. The van der Waals surface area contributed by atoms with Crippen LogP contribution in [0.5, 0.6) is 0 Å². The number of ether oxygens (including phenoxy) is 4. The van der Waals surface area contributed by atoms with Crippen LogP contribution in [0.4, 0.5) is 19.6 Å². The molecular weight excluding hydrogens is 526 g/mol. The van der Waals surface area contributed by atoms with Gasteiger partial charge in [-0.1, -0.05) is 6.92 Å². The van der Waals surface area contributed by atoms with Gasteiger partial charge in [-0.3, -0.25) is 34.3 Å². The van der Waals surface area contributed by atoms with Gasteiger partial charge in [0.05, 0.1) is 76.8 Å². The lowest BCUT2D eigenvalue weighted by Crippen LogP contribution is -2.53. The minimum absolute atomic E-state index is 0.128. The highest BCUT2D eigenvalue weighted by Gasteiger charge is 2.35. The van der Waals surface area contributed by atoms with E-state index in [1.165, 1.54) is 73.3 Å². The molecule has 2 amide bonds. The van der Waals surface area contributed by atoms with Crippen LogP contribution < -0.4 is 9.80 Å². The second kappa shape index (κ2) is 15.1. The van der Waals surface area contributed by atoms with E-state index in [-0.39, 0.29) is 25.9 Å². The molecule has 0 aromatic carbocycles. The number of esters is 2. The Morgan fingerprint density at radius 3 is 1.43 bits per heavy atom. The Morgan fingerprint density at radius 1 is 0.757 bits per heavy atom. The first-order chi connectivity index (χ1) is 17.8. The van der Waals surface area contributed by atoms with Gasteiger partial charge in [0.2, 0.25) is 0 Å². The molecule has 0 aliphatic heterocycles. The van der Waals surface area contributed by atoms with Crippen molar-refractivity contribution >= 4 is 56.8 Å². The first kappa shape index (κ1) is 29.9. The van der Waals surface area contributed by atoms with Gasteiger partial charge in [0, 0.05) is 13.1 Å². The van der Waals surface area contributed by atoms with Crippen molar-refractivity contribution in [3.05, 3.63) is 23.4 Å². The number of carbonyl (C=O) groups excluding carboxylic acids is 4. The highest BCUT2D eigenvalue weighted by atomic mass is 32.1. The zero-order chi connectivity index (χ0) is 27.4. The topological polar surface area (TPSA) is 141 Å². The van der Waals surface area contributed by atoms with Crippen molar-refractivity contribution < 1.29 is 38.1 Å². The largest absolute Gasteiger partial charge is 0.469 e. The minimum atomic E-state index is -0.700. The number of carbonyl (C=O) groups is 4. The Hall–Kier alpha value is -3.30. The predicted molar refractivity (Wildman–Crippen MR) is 137 cm³/mol. The maximum absolute atomic E-state index is 12.8. The van der Waals surface area contributed by atoms with Gasteiger partial charge in [0.15, 0.2) is 0 Å². The van der Waals surface area contributed by atoms with Crippen LogP contribution in [0.15, 0.2) is 23.4 Å². The van der Waals surface area contributed by atoms with Crippen LogP contribution in [0.25, 0.3) is 0 Å². The summed E-state index contributed by atoms with van der Waals surface area (Å²) in [5.74, 6) is -1.04. The molecule has 0 fully saturated rings. The highest BCUT2D eigenvalue weighted by Crippen LogP contribution is 2.27. The third-order valence-corrected chi connectivity index (χ3v) is 6.97. The fraction of sp³-hybridized carbons (Fsp3) is 0.545. The van der Waals surface area contributed by atoms with Gasteiger partial charge in [0.25, 0.3) is 0 Å². The van der Waals surface area contributed by atoms with Gasteiger partial charge in [-0.05, 0) is 6.54 Å². The highest BCUT2D eigenvalue weighted by molar-refractivity contribution is 7.14. The molecule has 0 bridgehead atoms. The number of anilines is 2. The van der Waals surface area contributed by atoms with Crippen LogP contribution in [0.2, 0.25) is 0 Å². The molecule has 0 aliphatic carbocycles. The maximum atomic E-state index is 12.8. The van der Waals surface area contributed by atoms with Gasteiger partial charge in [-0.15, -0.1) is 22.7 Å². The first-order valence-electron chi connectivity index (χ1n) is 11.2. The summed E-state index contributed by atoms with van der Waals surface area (Å²) in [5, 5.41) is 0.979. The SMILES string of the molecule is CCN(CC(CC(=O)OC)N(C(=O)OC)c1cncs1)CC(CC(=O)OC)N(C(=O)OC)c1cncs1. The molecule has 2 rings (SSSR count). The van der Waals surface area contributed by atoms with E-state index in [1.54, 1.807) is 11.0 Å². The zero-order valence-corrected chi connectivity index (χ0v) is 23.0. The normalized spacial score (nSPS) is 12.4. The monoisotopic (exact) mass is 557 g/mol. The summed E-state index contributed by atoms with van der Waals surface area (Å²) in [6, 6.07) is -1.40. The van der Waals surface area contributed by atoms with Gasteiger partial charge in [-0.2, -0.15) is 0 Å². The Labute approximate surface area is 222 Å². The summed E-state index contributed by atoms with van der Waals surface area (Å²) in [7, 11) is 5.03. The molecule has 0 N–H and O–H groups in total. The fourth-order valence-corrected chi connectivity index (χ4v) is 5.02. The molecule has 13 nitrogen and oxygen atoms in total. The average molecular weight is 558 g/mol. The van der Waals surface area contributed by atoms with Gasteiger partial charge in [-0.25, -0.2) is 9.59 Å². The molecule has 2 heterocycles. The number of rotatable bonds is 13. The van der Waals surface area contributed by atoms with Crippen molar-refractivity contribution in [2.75, 3.05) is 57.9 Å². The number of likely N-dealkylation sites (N-methyl/N-ethyl adjacent to an activating group) is 1. The van der Waals surface area contributed by atoms with Crippen molar-refractivity contribution in [2.24, 2.45) is 0 Å². The van der Waals surface area contributed by atoms with Crippen molar-refractivity contribution in [1.82, 2.24) is 14.9 Å². The quantitative estimate of drug-likeness (QED) is 0.265. The van der Waals surface area contributed by atoms with Gasteiger partial charge < -0.3 is 18.9 Å². The third kappa shape index (κ3) is 8.36. The number of methoxy groups -OCH3 is 4. The molecule has 2 unspecified atom stereocenters. The van der Waals surface area contributed by atoms with Crippen LogP contribution >= 0.6 is 22.7 Å². The molecule has 15 heteroatoms. The number of thiazole rings is 2. The van der Waals surface area contributed by atoms with Crippen LogP contribution in [-0.4, -0.2) is 99.2 Å². The van der Waals surface area contributed by atoms with E-state index in [0.717, 1.165) is 0 Å². The number of amides is 2. The van der Waals surface area contributed by atoms with E-state index < -0.39 is 36.2 Å². The molecule has 0 saturated heterocycles. The summed E-state index contributed by atoms with van der Waals surface area (Å²) in [5.41, 5.74) is 3.13. The second-order valence-electron chi connectivity index (χ2n) is 7.58. The van der Waals surface area contributed by atoms with E-state index in [1.807, 2.05) is 11.8 Å². The van der Waals surface area contributed by atoms with Crippen LogP contribution in [0, 0.1) is 0 Å². The molecular formula is C22H31N5O8S2. The lowest BCUT2D eigenvalue weighted by atomic mass is 10.1. The first-order valence-corrected chi connectivity index (χ1v) is 12.9. The molecule has 2 atom stereocenters. The Balaban J connectivity index is 2.42. The fourth-order valence-electron chi connectivity index (χ4n) is 3.65. The number of aromatic nitrogens is 2. The molecule has 204 valence electrons. The summed E-state index contributed by atoms with van der Waals surface area (Å²) in [4.78, 5) is 62.8. The lowest BCUT2D eigenvalue weighted by molar-refractivity contribution is -0.141. The Kier molecular flexibility index (Phi) is 12.2. The summed E-state index contributed by atoms with van der Waals surface area (Å²) in [6.07, 6.45) is 1.42. The van der Waals surface area contributed by atoms with E-state index in [2.05, 4.69) is 9.97 Å². The van der Waals surface area contributed by atoms with Crippen LogP contribution in [0.1, 0.15) is 19.8 Å². The smallest absolute Gasteiger partial charge is 0.415 e. The molecule has 37 heavy (non-hydrogen) atoms. The van der Waals surface area contributed by atoms with E-state index in [9.17, 15) is 19.2 Å². The molecule has 0 aliphatic rings. The Morgan fingerprint density at radius 2 is 1.16 bits per heavy atom. The maximum Gasteiger partial charge on any atom is 0.415 e. The molecule has 2 aromatic heterocycles. The average Bonchev–Trinajstić information content (AvgIpc) is 3.63. The standard InChI is InChI=1S/C22H31N5O8S2/c1-6-25(11-15(7-19(28)32-2)26(21(30)34-4)17-9-23-13-36-17)12-16(8-20(29)33-3)27(22(31)35-5)18-10-24-14-37-18/h9-10,13-16H,6-8,11-12H2,1-5H3. The predicted octanol–water partition coefficient (Wildman–Crippen LogP) is 2.63. The lowest BCUT2D eigenvalue weighted by Gasteiger charge is -2.36. The van der Waals surface area contributed by atoms with Gasteiger partial charge in [0.1, 0.15) is 10.0 Å². The molecule has 2 aromatic rings. The molecule has 0 saturated carbocycles. The zero-order valence-electron chi connectivity index (χ0n) is 21.3. The van der Waals surface area contributed by atoms with E-state index in [0.29, 0.717) is 16.5 Å². The van der Waals surface area contributed by atoms with Crippen molar-refractivity contribution in [3.63, 3.8) is 0 Å². The minimum Gasteiger partial charge on any atom is -0.469 e. The Bertz CT molecular complexity index is 927. The van der Waals surface area contributed by atoms with E-state index >= 15 is 0 Å².